The number of nitrogens with one attached hydrogen (secondary N) is 1. The summed E-state index contributed by atoms with van der Waals surface area (Å²) < 4.78 is 58.9. The monoisotopic (exact) mass is 335 g/mol. The normalized spacial score (nSPS) is 18.1. The van der Waals surface area contributed by atoms with Crippen molar-refractivity contribution in [2.24, 2.45) is 0 Å². The molecule has 0 spiro atoms. The van der Waals surface area contributed by atoms with E-state index in [0.717, 1.165) is 6.07 Å². The van der Waals surface area contributed by atoms with Crippen LogP contribution in [0.15, 0.2) is 23.1 Å². The van der Waals surface area contributed by atoms with Crippen molar-refractivity contribution in [2.75, 3.05) is 19.8 Å². The lowest BCUT2D eigenvalue weighted by Gasteiger charge is -2.29. The highest BCUT2D eigenvalue weighted by Crippen LogP contribution is 2.25. The van der Waals surface area contributed by atoms with Crippen molar-refractivity contribution in [3.05, 3.63) is 29.6 Å². The Balaban J connectivity index is 2.18. The zero-order chi connectivity index (χ0) is 16.4. The Kier molecular flexibility index (Phi) is 4.78. The quantitative estimate of drug-likeness (QED) is 0.847. The molecule has 1 aliphatic heterocycles. The number of carboxylic acids is 1. The van der Waals surface area contributed by atoms with E-state index in [2.05, 4.69) is 4.72 Å². The fourth-order valence-corrected chi connectivity index (χ4v) is 3.23. The molecule has 0 aliphatic carbocycles. The summed E-state index contributed by atoms with van der Waals surface area (Å²) >= 11 is 0. The Morgan fingerprint density at radius 1 is 1.32 bits per heavy atom. The Bertz CT molecular complexity index is 671. The van der Waals surface area contributed by atoms with Gasteiger partial charge in [-0.25, -0.2) is 26.7 Å². The van der Waals surface area contributed by atoms with Gasteiger partial charge in [-0.1, -0.05) is 0 Å². The first-order valence-electron chi connectivity index (χ1n) is 6.52. The highest BCUT2D eigenvalue weighted by molar-refractivity contribution is 7.89. The van der Waals surface area contributed by atoms with E-state index in [4.69, 9.17) is 9.84 Å². The number of alkyl halides is 1. The van der Waals surface area contributed by atoms with Crippen LogP contribution in [0.5, 0.6) is 0 Å². The molecule has 1 saturated heterocycles. The summed E-state index contributed by atoms with van der Waals surface area (Å²) in [6.45, 7) is -0.0830. The van der Waals surface area contributed by atoms with Crippen molar-refractivity contribution in [2.45, 2.75) is 23.4 Å². The molecule has 0 saturated carbocycles. The van der Waals surface area contributed by atoms with E-state index < -0.39 is 44.5 Å². The van der Waals surface area contributed by atoms with Crippen molar-refractivity contribution in [1.29, 1.82) is 0 Å². The first-order chi connectivity index (χ1) is 10.2. The maximum atomic E-state index is 14.3. The van der Waals surface area contributed by atoms with E-state index in [1.165, 1.54) is 0 Å². The fourth-order valence-electron chi connectivity index (χ4n) is 2.06. The summed E-state index contributed by atoms with van der Waals surface area (Å²) in [5.41, 5.74) is -2.23. The van der Waals surface area contributed by atoms with Gasteiger partial charge in [0, 0.05) is 32.6 Å². The lowest BCUT2D eigenvalue weighted by molar-refractivity contribution is -0.00522. The smallest absolute Gasteiger partial charge is 0.335 e. The average Bonchev–Trinajstić information content (AvgIpc) is 2.45. The number of carboxylic acid groups (broad SMARTS) is 1. The van der Waals surface area contributed by atoms with Gasteiger partial charge in [-0.15, -0.1) is 0 Å². The maximum absolute atomic E-state index is 14.3. The highest BCUT2D eigenvalue weighted by atomic mass is 32.2. The van der Waals surface area contributed by atoms with E-state index in [1.807, 2.05) is 0 Å². The largest absolute Gasteiger partial charge is 0.478 e. The number of sulfonamides is 1. The predicted octanol–water partition coefficient (Wildman–Crippen LogP) is 1.32. The zero-order valence-electron chi connectivity index (χ0n) is 11.5. The SMILES string of the molecule is O=C(O)c1cc(F)cc(S(=O)(=O)NCC2(F)CCOCC2)c1. The van der Waals surface area contributed by atoms with E-state index in [-0.39, 0.29) is 26.1 Å². The molecule has 0 atom stereocenters. The molecule has 6 nitrogen and oxygen atoms in total. The number of ether oxygens (including phenoxy) is 1. The second-order valence-corrected chi connectivity index (χ2v) is 6.84. The molecule has 0 amide bonds. The molecule has 0 aromatic heterocycles. The van der Waals surface area contributed by atoms with Crippen LogP contribution in [0.1, 0.15) is 23.2 Å². The van der Waals surface area contributed by atoms with Crippen LogP contribution in [-0.4, -0.2) is 44.9 Å². The van der Waals surface area contributed by atoms with Crippen LogP contribution in [0.4, 0.5) is 8.78 Å². The second-order valence-electron chi connectivity index (χ2n) is 5.07. The Hall–Kier alpha value is -1.58. The van der Waals surface area contributed by atoms with Crippen LogP contribution in [0.3, 0.4) is 0 Å². The molecule has 0 unspecified atom stereocenters. The van der Waals surface area contributed by atoms with Gasteiger partial charge >= 0.3 is 5.97 Å². The first-order valence-corrected chi connectivity index (χ1v) is 8.00. The van der Waals surface area contributed by atoms with Crippen LogP contribution >= 0.6 is 0 Å². The summed E-state index contributed by atoms with van der Waals surface area (Å²) in [6, 6.07) is 2.21. The van der Waals surface area contributed by atoms with Gasteiger partial charge in [0.2, 0.25) is 10.0 Å². The first kappa shape index (κ1) is 16.8. The summed E-state index contributed by atoms with van der Waals surface area (Å²) in [6.07, 6.45) is 0.109. The molecular weight excluding hydrogens is 320 g/mol. The minimum atomic E-state index is -4.21. The van der Waals surface area contributed by atoms with Gasteiger partial charge in [0.1, 0.15) is 11.5 Å². The Morgan fingerprint density at radius 2 is 1.95 bits per heavy atom. The lowest BCUT2D eigenvalue weighted by atomic mass is 9.97. The van der Waals surface area contributed by atoms with Gasteiger partial charge in [0.25, 0.3) is 0 Å². The summed E-state index contributed by atoms with van der Waals surface area (Å²) in [5, 5.41) is 8.82. The number of carbonyl (C=O) groups is 1. The van der Waals surface area contributed by atoms with E-state index in [9.17, 15) is 22.0 Å². The van der Waals surface area contributed by atoms with Gasteiger partial charge in [-0.2, -0.15) is 0 Å². The third kappa shape index (κ3) is 3.99. The molecule has 122 valence electrons. The van der Waals surface area contributed by atoms with Crippen LogP contribution in [0.25, 0.3) is 0 Å². The number of benzene rings is 1. The van der Waals surface area contributed by atoms with Crippen LogP contribution in [0.2, 0.25) is 0 Å². The summed E-state index contributed by atoms with van der Waals surface area (Å²) in [4.78, 5) is 10.3. The lowest BCUT2D eigenvalue weighted by Crippen LogP contribution is -2.43. The molecule has 1 aromatic carbocycles. The van der Waals surface area contributed by atoms with Crippen LogP contribution in [0, 0.1) is 5.82 Å². The molecule has 2 N–H and O–H groups in total. The van der Waals surface area contributed by atoms with Crippen LogP contribution in [-0.2, 0) is 14.8 Å². The third-order valence-corrected chi connectivity index (χ3v) is 4.78. The highest BCUT2D eigenvalue weighted by Gasteiger charge is 2.34. The van der Waals surface area contributed by atoms with Gasteiger partial charge in [-0.3, -0.25) is 0 Å². The number of hydrogen-bond acceptors (Lipinski definition) is 4. The average molecular weight is 335 g/mol. The molecule has 9 heteroatoms. The van der Waals surface area contributed by atoms with Gasteiger partial charge in [0.15, 0.2) is 0 Å². The minimum Gasteiger partial charge on any atom is -0.478 e. The standard InChI is InChI=1S/C13H15F2NO5S/c14-10-5-9(12(17)18)6-11(7-10)22(19,20)16-8-13(15)1-3-21-4-2-13/h5-7,16H,1-4,8H2,(H,17,18). The Labute approximate surface area is 126 Å². The molecule has 0 bridgehead atoms. The number of aromatic carboxylic acids is 1. The molecule has 1 fully saturated rings. The molecule has 2 rings (SSSR count). The van der Waals surface area contributed by atoms with Gasteiger partial charge < -0.3 is 9.84 Å². The zero-order valence-corrected chi connectivity index (χ0v) is 12.3. The maximum Gasteiger partial charge on any atom is 0.335 e. The van der Waals surface area contributed by atoms with Crippen molar-refractivity contribution in [1.82, 2.24) is 4.72 Å². The molecule has 1 heterocycles. The summed E-state index contributed by atoms with van der Waals surface area (Å²) in [7, 11) is -4.21. The number of rotatable bonds is 5. The van der Waals surface area contributed by atoms with E-state index >= 15 is 0 Å². The third-order valence-electron chi connectivity index (χ3n) is 3.40. The number of hydrogen-bond donors (Lipinski definition) is 2. The van der Waals surface area contributed by atoms with Crippen LogP contribution < -0.4 is 4.72 Å². The molecule has 1 aliphatic rings. The Morgan fingerprint density at radius 3 is 2.55 bits per heavy atom. The topological polar surface area (TPSA) is 92.7 Å². The van der Waals surface area contributed by atoms with Crippen molar-refractivity contribution >= 4 is 16.0 Å². The van der Waals surface area contributed by atoms with E-state index in [1.54, 1.807) is 0 Å². The van der Waals surface area contributed by atoms with E-state index in [0.29, 0.717) is 12.1 Å². The number of halogens is 2. The van der Waals surface area contributed by atoms with Crippen molar-refractivity contribution < 1.29 is 31.8 Å². The molecule has 22 heavy (non-hydrogen) atoms. The van der Waals surface area contributed by atoms with Gasteiger partial charge in [0.05, 0.1) is 10.5 Å². The fraction of sp³-hybridized carbons (Fsp3) is 0.462. The van der Waals surface area contributed by atoms with Crippen molar-refractivity contribution in [3.63, 3.8) is 0 Å². The van der Waals surface area contributed by atoms with Crippen molar-refractivity contribution in [3.8, 4) is 0 Å². The molecule has 0 radical (unpaired) electrons. The molecular formula is C13H15F2NO5S. The minimum absolute atomic E-state index is 0.0546. The predicted molar refractivity (Wildman–Crippen MR) is 72.4 cm³/mol. The molecule has 1 aromatic rings. The second kappa shape index (κ2) is 6.27. The summed E-state index contributed by atoms with van der Waals surface area (Å²) in [5.74, 6) is -2.45. The van der Waals surface area contributed by atoms with Gasteiger partial charge in [-0.05, 0) is 18.2 Å².